The van der Waals surface area contributed by atoms with Gasteiger partial charge in [-0.2, -0.15) is 0 Å². The van der Waals surface area contributed by atoms with Crippen LogP contribution in [0.3, 0.4) is 0 Å². The van der Waals surface area contributed by atoms with E-state index in [9.17, 15) is 0 Å². The fraction of sp³-hybridized carbons (Fsp3) is 0.625. The van der Waals surface area contributed by atoms with Gasteiger partial charge in [-0.1, -0.05) is 36.9 Å². The predicted molar refractivity (Wildman–Crippen MR) is 77.1 cm³/mol. The van der Waals surface area contributed by atoms with Crippen LogP contribution in [0, 0.1) is 5.92 Å². The lowest BCUT2D eigenvalue weighted by molar-refractivity contribution is 0.171. The lowest BCUT2D eigenvalue weighted by atomic mass is 9.57. The molecule has 18 heavy (non-hydrogen) atoms. The largest absolute Gasteiger partial charge is 0.330 e. The van der Waals surface area contributed by atoms with Crippen LogP contribution in [0.4, 0.5) is 0 Å². The molecule has 1 aromatic carbocycles. The molecule has 1 fully saturated rings. The molecule has 1 atom stereocenters. The second kappa shape index (κ2) is 4.86. The number of rotatable bonds is 1. The quantitative estimate of drug-likeness (QED) is 0.812. The first-order valence-electron chi connectivity index (χ1n) is 7.25. The van der Waals surface area contributed by atoms with Crippen molar-refractivity contribution in [1.29, 1.82) is 0 Å². The van der Waals surface area contributed by atoms with E-state index in [1.54, 1.807) is 5.56 Å². The van der Waals surface area contributed by atoms with Gasteiger partial charge >= 0.3 is 0 Å². The molecule has 2 aliphatic rings. The van der Waals surface area contributed by atoms with Crippen LogP contribution in [0.25, 0.3) is 0 Å². The minimum absolute atomic E-state index is 0.366. The number of fused-ring (bicyclic) bond motifs is 2. The average Bonchev–Trinajstić information content (AvgIpc) is 2.40. The highest BCUT2D eigenvalue weighted by Gasteiger charge is 2.43. The first kappa shape index (κ1) is 12.5. The summed E-state index contributed by atoms with van der Waals surface area (Å²) < 4.78 is 0. The summed E-state index contributed by atoms with van der Waals surface area (Å²) in [6.45, 7) is 0.835. The maximum atomic E-state index is 6.15. The summed E-state index contributed by atoms with van der Waals surface area (Å²) in [7, 11) is 0. The first-order valence-corrected chi connectivity index (χ1v) is 7.63. The van der Waals surface area contributed by atoms with E-state index in [0.29, 0.717) is 11.3 Å². The third-order valence-electron chi connectivity index (χ3n) is 5.18. The van der Waals surface area contributed by atoms with Gasteiger partial charge < -0.3 is 5.73 Å². The fourth-order valence-corrected chi connectivity index (χ4v) is 4.48. The van der Waals surface area contributed by atoms with Crippen LogP contribution < -0.4 is 5.73 Å². The van der Waals surface area contributed by atoms with Crippen molar-refractivity contribution in [2.75, 3.05) is 6.54 Å². The second-order valence-corrected chi connectivity index (χ2v) is 6.43. The normalized spacial score (nSPS) is 26.0. The molecule has 3 rings (SSSR count). The van der Waals surface area contributed by atoms with Crippen LogP contribution in [-0.2, 0) is 11.8 Å². The van der Waals surface area contributed by atoms with E-state index in [-0.39, 0.29) is 0 Å². The van der Waals surface area contributed by atoms with E-state index in [4.69, 9.17) is 17.3 Å². The topological polar surface area (TPSA) is 26.0 Å². The highest BCUT2D eigenvalue weighted by Crippen LogP contribution is 2.50. The first-order chi connectivity index (χ1) is 8.76. The van der Waals surface area contributed by atoms with Crippen molar-refractivity contribution < 1.29 is 0 Å². The highest BCUT2D eigenvalue weighted by molar-refractivity contribution is 6.30. The Kier molecular flexibility index (Phi) is 3.38. The molecule has 0 bridgehead atoms. The second-order valence-electron chi connectivity index (χ2n) is 5.99. The number of hydrogen-bond acceptors (Lipinski definition) is 1. The number of aryl methyl sites for hydroxylation is 1. The van der Waals surface area contributed by atoms with Crippen LogP contribution in [0.5, 0.6) is 0 Å². The Bertz CT molecular complexity index is 435. The number of hydrogen-bond donors (Lipinski definition) is 1. The molecule has 1 aromatic rings. The van der Waals surface area contributed by atoms with E-state index >= 15 is 0 Å². The van der Waals surface area contributed by atoms with Crippen LogP contribution >= 0.6 is 11.6 Å². The molecular formula is C16H22ClN. The van der Waals surface area contributed by atoms with Crippen molar-refractivity contribution in [3.63, 3.8) is 0 Å². The molecule has 0 amide bonds. The van der Waals surface area contributed by atoms with Crippen LogP contribution in [0.15, 0.2) is 18.2 Å². The lowest BCUT2D eigenvalue weighted by Crippen LogP contribution is -2.44. The molecule has 2 N–H and O–H groups in total. The third-order valence-corrected chi connectivity index (χ3v) is 5.41. The zero-order chi connectivity index (χ0) is 12.6. The molecule has 1 saturated carbocycles. The minimum atomic E-state index is 0.366. The zero-order valence-electron chi connectivity index (χ0n) is 10.9. The molecule has 0 aromatic heterocycles. The standard InChI is InChI=1S/C16H22ClN/c17-14-6-7-15-12(10-14)4-5-13(11-18)16(15)8-2-1-3-9-16/h6-7,10,13H,1-5,8-9,11,18H2. The number of benzene rings is 1. The number of nitrogens with two attached hydrogens (primary N) is 1. The van der Waals surface area contributed by atoms with Gasteiger partial charge in [0, 0.05) is 5.02 Å². The molecule has 1 nitrogen and oxygen atoms in total. The molecule has 2 heteroatoms. The molecule has 98 valence electrons. The predicted octanol–water partition coefficient (Wildman–Crippen LogP) is 4.06. The Morgan fingerprint density at radius 1 is 1.22 bits per heavy atom. The monoisotopic (exact) mass is 263 g/mol. The Balaban J connectivity index is 2.08. The lowest BCUT2D eigenvalue weighted by Gasteiger charge is -2.48. The maximum absolute atomic E-state index is 6.15. The SMILES string of the molecule is NCC1CCc2cc(Cl)ccc2C12CCCCC2. The van der Waals surface area contributed by atoms with Gasteiger partial charge in [0.25, 0.3) is 0 Å². The summed E-state index contributed by atoms with van der Waals surface area (Å²) in [5.41, 5.74) is 9.48. The smallest absolute Gasteiger partial charge is 0.0408 e. The minimum Gasteiger partial charge on any atom is -0.330 e. The van der Waals surface area contributed by atoms with Crippen LogP contribution in [-0.4, -0.2) is 6.54 Å². The van der Waals surface area contributed by atoms with Crippen molar-refractivity contribution in [3.05, 3.63) is 34.3 Å². The molecule has 0 aliphatic heterocycles. The van der Waals surface area contributed by atoms with Crippen LogP contribution in [0.2, 0.25) is 5.02 Å². The van der Waals surface area contributed by atoms with E-state index in [1.165, 1.54) is 44.1 Å². The van der Waals surface area contributed by atoms with Gasteiger partial charge in [0.2, 0.25) is 0 Å². The van der Waals surface area contributed by atoms with E-state index < -0.39 is 0 Å². The molecule has 1 unspecified atom stereocenters. The summed E-state index contributed by atoms with van der Waals surface area (Å²) >= 11 is 6.15. The third kappa shape index (κ3) is 1.88. The summed E-state index contributed by atoms with van der Waals surface area (Å²) in [5, 5.41) is 0.880. The van der Waals surface area contributed by atoms with Gasteiger partial charge in [-0.15, -0.1) is 0 Å². The van der Waals surface area contributed by atoms with Crippen molar-refractivity contribution >= 4 is 11.6 Å². The van der Waals surface area contributed by atoms with E-state index in [1.807, 2.05) is 0 Å². The molecule has 0 heterocycles. The molecule has 0 saturated heterocycles. The summed E-state index contributed by atoms with van der Waals surface area (Å²) in [6, 6.07) is 6.53. The van der Waals surface area contributed by atoms with Crippen molar-refractivity contribution in [2.24, 2.45) is 11.7 Å². The summed E-state index contributed by atoms with van der Waals surface area (Å²) in [6.07, 6.45) is 9.15. The van der Waals surface area contributed by atoms with Crippen molar-refractivity contribution in [1.82, 2.24) is 0 Å². The maximum Gasteiger partial charge on any atom is 0.0408 e. The Hall–Kier alpha value is -0.530. The summed E-state index contributed by atoms with van der Waals surface area (Å²) in [5.74, 6) is 0.673. The zero-order valence-corrected chi connectivity index (χ0v) is 11.7. The Morgan fingerprint density at radius 2 is 2.00 bits per heavy atom. The van der Waals surface area contributed by atoms with Gasteiger partial charge in [0.15, 0.2) is 0 Å². The van der Waals surface area contributed by atoms with E-state index in [2.05, 4.69) is 18.2 Å². The van der Waals surface area contributed by atoms with Gasteiger partial charge in [-0.05, 0) is 66.8 Å². The molecule has 1 spiro atoms. The van der Waals surface area contributed by atoms with E-state index in [0.717, 1.165) is 18.0 Å². The molecule has 0 radical (unpaired) electrons. The molecular weight excluding hydrogens is 242 g/mol. The van der Waals surface area contributed by atoms with Gasteiger partial charge in [0.05, 0.1) is 0 Å². The highest BCUT2D eigenvalue weighted by atomic mass is 35.5. The van der Waals surface area contributed by atoms with Gasteiger partial charge in [-0.25, -0.2) is 0 Å². The van der Waals surface area contributed by atoms with Crippen LogP contribution in [0.1, 0.15) is 49.7 Å². The summed E-state index contributed by atoms with van der Waals surface area (Å²) in [4.78, 5) is 0. The van der Waals surface area contributed by atoms with Crippen molar-refractivity contribution in [2.45, 2.75) is 50.4 Å². The fourth-order valence-electron chi connectivity index (χ4n) is 4.28. The van der Waals surface area contributed by atoms with Crippen molar-refractivity contribution in [3.8, 4) is 0 Å². The molecule has 2 aliphatic carbocycles. The Labute approximate surface area is 115 Å². The Morgan fingerprint density at radius 3 is 2.72 bits per heavy atom. The number of halogens is 1. The average molecular weight is 264 g/mol. The van der Waals surface area contributed by atoms with Gasteiger partial charge in [0.1, 0.15) is 0 Å². The van der Waals surface area contributed by atoms with Gasteiger partial charge in [-0.3, -0.25) is 0 Å².